The zero-order chi connectivity index (χ0) is 19.6. The molecule has 3 fully saturated rings. The molecule has 27 heavy (non-hydrogen) atoms. The van der Waals surface area contributed by atoms with Gasteiger partial charge in [0.05, 0.1) is 0 Å². The van der Waals surface area contributed by atoms with Crippen molar-refractivity contribution in [2.45, 2.75) is 59.8 Å². The van der Waals surface area contributed by atoms with Crippen LogP contribution in [0.25, 0.3) is 0 Å². The van der Waals surface area contributed by atoms with Gasteiger partial charge in [-0.05, 0) is 62.2 Å². The van der Waals surface area contributed by atoms with Gasteiger partial charge in [-0.15, -0.1) is 0 Å². The summed E-state index contributed by atoms with van der Waals surface area (Å²) >= 11 is 0. The second kappa shape index (κ2) is 6.02. The summed E-state index contributed by atoms with van der Waals surface area (Å²) in [6.07, 6.45) is 9.85. The normalized spacial score (nSPS) is 42.1. The molecule has 0 bridgehead atoms. The topological polar surface area (TPSA) is 63.2 Å². The Labute approximate surface area is 161 Å². The molecule has 0 aromatic carbocycles. The Morgan fingerprint density at radius 2 is 1.89 bits per heavy atom. The van der Waals surface area contributed by atoms with Gasteiger partial charge in [0, 0.05) is 35.8 Å². The molecular weight excluding hydrogens is 338 g/mol. The third kappa shape index (κ3) is 2.60. The van der Waals surface area contributed by atoms with E-state index in [0.29, 0.717) is 24.0 Å². The first-order valence-corrected chi connectivity index (χ1v) is 10.1. The first kappa shape index (κ1) is 18.4. The van der Waals surface area contributed by atoms with Crippen molar-refractivity contribution in [1.29, 1.82) is 0 Å². The van der Waals surface area contributed by atoms with Gasteiger partial charge in [-0.1, -0.05) is 25.5 Å². The van der Waals surface area contributed by atoms with E-state index in [1.807, 2.05) is 13.0 Å². The van der Waals surface area contributed by atoms with Crippen LogP contribution in [-0.2, 0) is 14.4 Å². The Morgan fingerprint density at radius 1 is 1.15 bits per heavy atom. The number of fused-ring (bicyclic) bond motifs is 5. The molecule has 5 atom stereocenters. The summed E-state index contributed by atoms with van der Waals surface area (Å²) in [7, 11) is 0. The van der Waals surface area contributed by atoms with E-state index in [1.165, 1.54) is 12.5 Å². The molecule has 0 aromatic heterocycles. The van der Waals surface area contributed by atoms with E-state index in [2.05, 4.69) is 19.2 Å². The highest BCUT2D eigenvalue weighted by Gasteiger charge is 2.60. The third-order valence-electron chi connectivity index (χ3n) is 7.86. The van der Waals surface area contributed by atoms with E-state index in [9.17, 15) is 14.4 Å². The molecule has 4 nitrogen and oxygen atoms in total. The second-order valence-corrected chi connectivity index (χ2v) is 9.36. The lowest BCUT2D eigenvalue weighted by atomic mass is 9.48. The van der Waals surface area contributed by atoms with Gasteiger partial charge >= 0.3 is 0 Å². The molecule has 0 spiro atoms. The molecule has 0 unspecified atom stereocenters. The maximum atomic E-state index is 13.5. The molecule has 4 rings (SSSR count). The zero-order valence-corrected chi connectivity index (χ0v) is 16.7. The smallest absolute Gasteiger partial charge is 0.220 e. The monoisotopic (exact) mass is 367 g/mol. The van der Waals surface area contributed by atoms with Gasteiger partial charge in [0.1, 0.15) is 5.78 Å². The van der Waals surface area contributed by atoms with Crippen LogP contribution in [0.5, 0.6) is 0 Å². The molecule has 4 aliphatic rings. The highest BCUT2D eigenvalue weighted by Crippen LogP contribution is 2.65. The lowest BCUT2D eigenvalue weighted by molar-refractivity contribution is -0.139. The number of allylic oxidation sites excluding steroid dienone is 6. The molecule has 0 heterocycles. The fourth-order valence-corrected chi connectivity index (χ4v) is 6.80. The number of hydrogen-bond acceptors (Lipinski definition) is 3. The van der Waals surface area contributed by atoms with Crippen molar-refractivity contribution in [2.24, 2.45) is 28.6 Å². The van der Waals surface area contributed by atoms with Gasteiger partial charge in [-0.25, -0.2) is 0 Å². The molecular formula is C23H29NO3. The number of amides is 1. The van der Waals surface area contributed by atoms with E-state index in [4.69, 9.17) is 0 Å². The Balaban J connectivity index is 1.73. The van der Waals surface area contributed by atoms with E-state index >= 15 is 0 Å². The fourth-order valence-electron chi connectivity index (χ4n) is 6.80. The molecule has 4 aliphatic carbocycles. The van der Waals surface area contributed by atoms with Crippen LogP contribution in [0.2, 0.25) is 0 Å². The van der Waals surface area contributed by atoms with Crippen LogP contribution in [0.3, 0.4) is 0 Å². The van der Waals surface area contributed by atoms with E-state index in [1.54, 1.807) is 12.2 Å². The molecule has 0 radical (unpaired) electrons. The first-order valence-electron chi connectivity index (χ1n) is 10.1. The van der Waals surface area contributed by atoms with Gasteiger partial charge in [0.25, 0.3) is 0 Å². The maximum absolute atomic E-state index is 13.5. The molecule has 3 saturated carbocycles. The number of nitrogens with one attached hydrogen (secondary N) is 1. The average Bonchev–Trinajstić information content (AvgIpc) is 2.91. The molecule has 4 heteroatoms. The summed E-state index contributed by atoms with van der Waals surface area (Å²) in [5, 5.41) is 2.96. The highest BCUT2D eigenvalue weighted by molar-refractivity contribution is 6.01. The highest BCUT2D eigenvalue weighted by atomic mass is 16.1. The number of ketones is 2. The van der Waals surface area contributed by atoms with Crippen LogP contribution in [0.15, 0.2) is 35.1 Å². The van der Waals surface area contributed by atoms with Crippen molar-refractivity contribution in [1.82, 2.24) is 5.32 Å². The summed E-state index contributed by atoms with van der Waals surface area (Å²) in [5.74, 6) is 1.10. The van der Waals surface area contributed by atoms with Crippen LogP contribution >= 0.6 is 0 Å². The zero-order valence-electron chi connectivity index (χ0n) is 16.7. The molecule has 144 valence electrons. The van der Waals surface area contributed by atoms with Gasteiger partial charge < -0.3 is 5.32 Å². The summed E-state index contributed by atoms with van der Waals surface area (Å²) in [6, 6.07) is 0. The standard InChI is InChI=1S/C23H29NO3/c1-13(24-14(2)25)18-7-8-19-17-6-5-15-11-16(26)9-10-22(15,3)21(17)20(27)12-23(18,19)4/h9-11,17,19,21H,5-8,12H2,1-4H3,(H,24,25)/t17-,19-,21+,22-,23+/m0/s1. The number of carbonyl (C=O) groups is 3. The number of carbonyl (C=O) groups excluding carboxylic acids is 3. The van der Waals surface area contributed by atoms with Crippen molar-refractivity contribution in [3.63, 3.8) is 0 Å². The van der Waals surface area contributed by atoms with Crippen molar-refractivity contribution >= 4 is 17.5 Å². The van der Waals surface area contributed by atoms with Crippen LogP contribution in [0, 0.1) is 28.6 Å². The fraction of sp³-hybridized carbons (Fsp3) is 0.609. The molecule has 0 saturated heterocycles. The number of rotatable bonds is 1. The lowest BCUT2D eigenvalue weighted by Gasteiger charge is -2.55. The molecule has 1 amide bonds. The minimum atomic E-state index is -0.311. The van der Waals surface area contributed by atoms with Crippen molar-refractivity contribution in [3.8, 4) is 0 Å². The van der Waals surface area contributed by atoms with Crippen LogP contribution < -0.4 is 5.32 Å². The maximum Gasteiger partial charge on any atom is 0.220 e. The van der Waals surface area contributed by atoms with Crippen molar-refractivity contribution in [3.05, 3.63) is 35.1 Å². The Hall–Kier alpha value is -1.97. The van der Waals surface area contributed by atoms with E-state index in [-0.39, 0.29) is 28.4 Å². The predicted octanol–water partition coefficient (Wildman–Crippen LogP) is 3.88. The Kier molecular flexibility index (Phi) is 4.10. The van der Waals surface area contributed by atoms with Gasteiger partial charge in [0.2, 0.25) is 5.91 Å². The molecule has 0 aromatic rings. The Bertz CT molecular complexity index is 833. The SMILES string of the molecule is CC(=O)NC(C)=C1CC[C@H]2[C@@H]3CCC4=CC(=O)C=C[C@]4(C)[C@H]3C(=O)C[C@]12C. The summed E-state index contributed by atoms with van der Waals surface area (Å²) in [5.41, 5.74) is 2.86. The second-order valence-electron chi connectivity index (χ2n) is 9.36. The predicted molar refractivity (Wildman–Crippen MR) is 104 cm³/mol. The minimum Gasteiger partial charge on any atom is -0.330 e. The summed E-state index contributed by atoms with van der Waals surface area (Å²) in [4.78, 5) is 36.8. The summed E-state index contributed by atoms with van der Waals surface area (Å²) in [6.45, 7) is 7.88. The van der Waals surface area contributed by atoms with Crippen LogP contribution in [-0.4, -0.2) is 17.5 Å². The van der Waals surface area contributed by atoms with Crippen molar-refractivity contribution < 1.29 is 14.4 Å². The quantitative estimate of drug-likeness (QED) is 0.765. The van der Waals surface area contributed by atoms with E-state index in [0.717, 1.165) is 37.0 Å². The van der Waals surface area contributed by atoms with Gasteiger partial charge in [0.15, 0.2) is 5.78 Å². The largest absolute Gasteiger partial charge is 0.330 e. The number of hydrogen-bond donors (Lipinski definition) is 1. The summed E-state index contributed by atoms with van der Waals surface area (Å²) < 4.78 is 0. The van der Waals surface area contributed by atoms with Gasteiger partial charge in [-0.3, -0.25) is 14.4 Å². The van der Waals surface area contributed by atoms with Crippen LogP contribution in [0.4, 0.5) is 0 Å². The molecule has 0 aliphatic heterocycles. The minimum absolute atomic E-state index is 0.0275. The van der Waals surface area contributed by atoms with Gasteiger partial charge in [-0.2, -0.15) is 0 Å². The molecule has 1 N–H and O–H groups in total. The third-order valence-corrected chi connectivity index (χ3v) is 7.86. The van der Waals surface area contributed by atoms with E-state index < -0.39 is 0 Å². The number of Topliss-reactive ketones (excluding diaryl/α,β-unsaturated/α-hetero) is 1. The average molecular weight is 367 g/mol. The Morgan fingerprint density at radius 3 is 2.59 bits per heavy atom. The lowest BCUT2D eigenvalue weighted by Crippen LogP contribution is -2.53. The first-order chi connectivity index (χ1) is 12.7. The van der Waals surface area contributed by atoms with Crippen molar-refractivity contribution in [2.75, 3.05) is 0 Å². The van der Waals surface area contributed by atoms with Crippen LogP contribution in [0.1, 0.15) is 59.8 Å².